The summed E-state index contributed by atoms with van der Waals surface area (Å²) in [5, 5.41) is 0.858. The predicted octanol–water partition coefficient (Wildman–Crippen LogP) is 3.57. The summed E-state index contributed by atoms with van der Waals surface area (Å²) >= 11 is 6.89. The number of thiophene rings is 1. The molecule has 80 valence electrons. The Balaban J connectivity index is 2.87. The normalized spacial score (nSPS) is 12.1. The van der Waals surface area contributed by atoms with Gasteiger partial charge in [0.1, 0.15) is 4.21 Å². The lowest BCUT2D eigenvalue weighted by atomic mass is 10.2. The van der Waals surface area contributed by atoms with E-state index in [0.717, 1.165) is 21.4 Å². The maximum absolute atomic E-state index is 11.3. The van der Waals surface area contributed by atoms with Crippen LogP contribution in [0.25, 0.3) is 10.1 Å². The molecule has 6 heteroatoms. The first kappa shape index (κ1) is 11.2. The van der Waals surface area contributed by atoms with Gasteiger partial charge in [-0.05, 0) is 11.5 Å². The van der Waals surface area contributed by atoms with Crippen molar-refractivity contribution in [3.8, 4) is 0 Å². The summed E-state index contributed by atoms with van der Waals surface area (Å²) in [5.74, 6) is 0.144. The number of alkyl halides is 1. The second-order valence-corrected chi connectivity index (χ2v) is 7.02. The highest BCUT2D eigenvalue weighted by molar-refractivity contribution is 8.15. The molecule has 1 aromatic carbocycles. The Morgan fingerprint density at radius 1 is 1.27 bits per heavy atom. The minimum Gasteiger partial charge on any atom is -0.206 e. The summed E-state index contributed by atoms with van der Waals surface area (Å²) in [4.78, 5) is 0. The maximum Gasteiger partial charge on any atom is 0.271 e. The van der Waals surface area contributed by atoms with E-state index in [4.69, 9.17) is 22.3 Å². The number of hydrogen-bond donors (Lipinski definition) is 0. The van der Waals surface area contributed by atoms with Crippen molar-refractivity contribution in [3.05, 3.63) is 29.8 Å². The van der Waals surface area contributed by atoms with Gasteiger partial charge in [0, 0.05) is 20.9 Å². The zero-order valence-electron chi connectivity index (χ0n) is 7.41. The van der Waals surface area contributed by atoms with Gasteiger partial charge in [0.2, 0.25) is 0 Å². The Morgan fingerprint density at radius 2 is 1.93 bits per heavy atom. The van der Waals surface area contributed by atoms with E-state index in [1.807, 2.05) is 24.3 Å². The molecular weight excluding hydrogens is 275 g/mol. The highest BCUT2D eigenvalue weighted by Crippen LogP contribution is 2.37. The van der Waals surface area contributed by atoms with Crippen molar-refractivity contribution < 1.29 is 8.42 Å². The molecule has 0 saturated heterocycles. The fourth-order valence-corrected chi connectivity index (χ4v) is 4.50. The van der Waals surface area contributed by atoms with Crippen LogP contribution in [0.15, 0.2) is 28.5 Å². The summed E-state index contributed by atoms with van der Waals surface area (Å²) in [7, 11) is 1.64. The Morgan fingerprint density at radius 3 is 2.53 bits per heavy atom. The maximum atomic E-state index is 11.3. The van der Waals surface area contributed by atoms with Crippen molar-refractivity contribution in [2.24, 2.45) is 0 Å². The standard InChI is InChI=1S/C9H6Cl2O2S2/c10-5-7-6-3-1-2-4-8(6)14-9(7)15(11,12)13/h1-4H,5H2. The molecule has 1 heterocycles. The minimum absolute atomic E-state index is 0.144. The molecule has 0 N–H and O–H groups in total. The van der Waals surface area contributed by atoms with Gasteiger partial charge in [-0.3, -0.25) is 0 Å². The number of fused-ring (bicyclic) bond motifs is 1. The van der Waals surface area contributed by atoms with Crippen molar-refractivity contribution in [2.75, 3.05) is 0 Å². The first-order chi connectivity index (χ1) is 7.04. The molecule has 0 amide bonds. The van der Waals surface area contributed by atoms with Crippen molar-refractivity contribution in [2.45, 2.75) is 10.1 Å². The third kappa shape index (κ3) is 1.99. The van der Waals surface area contributed by atoms with Crippen LogP contribution < -0.4 is 0 Å². The topological polar surface area (TPSA) is 34.1 Å². The van der Waals surface area contributed by atoms with E-state index < -0.39 is 9.05 Å². The monoisotopic (exact) mass is 280 g/mol. The quantitative estimate of drug-likeness (QED) is 0.623. The molecular formula is C9H6Cl2O2S2. The average molecular weight is 281 g/mol. The van der Waals surface area contributed by atoms with Gasteiger partial charge >= 0.3 is 0 Å². The van der Waals surface area contributed by atoms with Crippen LogP contribution in [0.5, 0.6) is 0 Å². The van der Waals surface area contributed by atoms with Crippen LogP contribution in [0.1, 0.15) is 5.56 Å². The average Bonchev–Trinajstić information content (AvgIpc) is 2.55. The molecule has 2 rings (SSSR count). The summed E-state index contributed by atoms with van der Waals surface area (Å²) in [6.07, 6.45) is 0. The van der Waals surface area contributed by atoms with Gasteiger partial charge in [-0.15, -0.1) is 22.9 Å². The molecule has 2 nitrogen and oxygen atoms in total. The van der Waals surface area contributed by atoms with Gasteiger partial charge < -0.3 is 0 Å². The van der Waals surface area contributed by atoms with Gasteiger partial charge in [0.25, 0.3) is 9.05 Å². The Labute approximate surface area is 101 Å². The highest BCUT2D eigenvalue weighted by atomic mass is 35.7. The molecule has 0 saturated carbocycles. The molecule has 0 aliphatic rings. The molecule has 0 atom stereocenters. The van der Waals surface area contributed by atoms with Crippen LogP contribution in [-0.2, 0) is 14.9 Å². The number of hydrogen-bond acceptors (Lipinski definition) is 3. The lowest BCUT2D eigenvalue weighted by molar-refractivity contribution is 0.611. The molecule has 0 aliphatic heterocycles. The van der Waals surface area contributed by atoms with E-state index in [-0.39, 0.29) is 10.1 Å². The van der Waals surface area contributed by atoms with E-state index >= 15 is 0 Å². The van der Waals surface area contributed by atoms with E-state index in [2.05, 4.69) is 0 Å². The van der Waals surface area contributed by atoms with E-state index in [0.29, 0.717) is 5.56 Å². The van der Waals surface area contributed by atoms with Crippen LogP contribution in [-0.4, -0.2) is 8.42 Å². The van der Waals surface area contributed by atoms with Gasteiger partial charge in [-0.25, -0.2) is 8.42 Å². The van der Waals surface area contributed by atoms with Gasteiger partial charge in [-0.1, -0.05) is 18.2 Å². The third-order valence-electron chi connectivity index (χ3n) is 2.02. The lowest BCUT2D eigenvalue weighted by Gasteiger charge is -1.95. The largest absolute Gasteiger partial charge is 0.271 e. The van der Waals surface area contributed by atoms with Crippen LogP contribution in [0, 0.1) is 0 Å². The van der Waals surface area contributed by atoms with Crippen molar-refractivity contribution in [1.29, 1.82) is 0 Å². The van der Waals surface area contributed by atoms with Crippen LogP contribution >= 0.6 is 33.6 Å². The molecule has 1 aromatic heterocycles. The van der Waals surface area contributed by atoms with Gasteiger partial charge in [-0.2, -0.15) is 0 Å². The first-order valence-corrected chi connectivity index (χ1v) is 7.71. The zero-order chi connectivity index (χ0) is 11.1. The van der Waals surface area contributed by atoms with E-state index in [1.165, 1.54) is 0 Å². The third-order valence-corrected chi connectivity index (χ3v) is 5.63. The Hall–Kier alpha value is -0.290. The van der Waals surface area contributed by atoms with Crippen LogP contribution in [0.3, 0.4) is 0 Å². The van der Waals surface area contributed by atoms with E-state index in [9.17, 15) is 8.42 Å². The predicted molar refractivity (Wildman–Crippen MR) is 64.4 cm³/mol. The first-order valence-electron chi connectivity index (χ1n) is 4.05. The second-order valence-electron chi connectivity index (χ2n) is 2.94. The number of halogens is 2. The molecule has 2 aromatic rings. The second kappa shape index (κ2) is 3.94. The Kier molecular flexibility index (Phi) is 2.94. The SMILES string of the molecule is O=S(=O)(Cl)c1sc2ccccc2c1CCl. The van der Waals surface area contributed by atoms with Crippen molar-refractivity contribution >= 4 is 52.8 Å². The summed E-state index contributed by atoms with van der Waals surface area (Å²) in [6, 6.07) is 7.38. The molecule has 0 unspecified atom stereocenters. The highest BCUT2D eigenvalue weighted by Gasteiger charge is 2.20. The van der Waals surface area contributed by atoms with E-state index in [1.54, 1.807) is 0 Å². The summed E-state index contributed by atoms with van der Waals surface area (Å²) < 4.78 is 23.6. The number of benzene rings is 1. The minimum atomic E-state index is -3.70. The summed E-state index contributed by atoms with van der Waals surface area (Å²) in [5.41, 5.74) is 0.590. The van der Waals surface area contributed by atoms with Gasteiger partial charge in [0.05, 0.1) is 5.88 Å². The molecule has 0 fully saturated rings. The van der Waals surface area contributed by atoms with Crippen LogP contribution in [0.2, 0.25) is 0 Å². The summed E-state index contributed by atoms with van der Waals surface area (Å²) in [6.45, 7) is 0. The van der Waals surface area contributed by atoms with Gasteiger partial charge in [0.15, 0.2) is 0 Å². The molecule has 15 heavy (non-hydrogen) atoms. The number of rotatable bonds is 2. The lowest BCUT2D eigenvalue weighted by Crippen LogP contribution is -1.90. The zero-order valence-corrected chi connectivity index (χ0v) is 10.6. The molecule has 0 radical (unpaired) electrons. The molecule has 0 spiro atoms. The van der Waals surface area contributed by atoms with Crippen molar-refractivity contribution in [1.82, 2.24) is 0 Å². The Bertz CT molecular complexity index is 602. The van der Waals surface area contributed by atoms with Crippen molar-refractivity contribution in [3.63, 3.8) is 0 Å². The fraction of sp³-hybridized carbons (Fsp3) is 0.111. The molecule has 0 aliphatic carbocycles. The molecule has 0 bridgehead atoms. The fourth-order valence-electron chi connectivity index (χ4n) is 1.40. The van der Waals surface area contributed by atoms with Crippen LogP contribution in [0.4, 0.5) is 0 Å². The smallest absolute Gasteiger partial charge is 0.206 e.